The molecule has 1 aromatic heterocycles. The van der Waals surface area contributed by atoms with Crippen LogP contribution in [0.3, 0.4) is 0 Å². The van der Waals surface area contributed by atoms with E-state index in [1.54, 1.807) is 13.4 Å². The Bertz CT molecular complexity index is 776. The molecule has 1 aliphatic carbocycles. The van der Waals surface area contributed by atoms with Crippen molar-refractivity contribution < 1.29 is 9.53 Å². The molecule has 0 atom stereocenters. The van der Waals surface area contributed by atoms with Gasteiger partial charge < -0.3 is 14.5 Å². The maximum absolute atomic E-state index is 12.6. The van der Waals surface area contributed by atoms with E-state index in [4.69, 9.17) is 4.74 Å². The van der Waals surface area contributed by atoms with Crippen molar-refractivity contribution in [2.75, 3.05) is 31.6 Å². The topological polar surface area (TPSA) is 58.6 Å². The number of aromatic nitrogens is 2. The Kier molecular flexibility index (Phi) is 4.26. The van der Waals surface area contributed by atoms with Crippen molar-refractivity contribution in [3.8, 4) is 5.75 Å². The zero-order valence-electron chi connectivity index (χ0n) is 14.4. The van der Waals surface area contributed by atoms with Gasteiger partial charge in [-0.3, -0.25) is 4.79 Å². The molecule has 1 aromatic carbocycles. The van der Waals surface area contributed by atoms with Crippen molar-refractivity contribution >= 4 is 11.7 Å². The molecule has 130 valence electrons. The SMILES string of the molecule is COc1cccc(CN2CCN(c3cc(C4CC4)ncn3)CC2=O)c1. The van der Waals surface area contributed by atoms with Gasteiger partial charge in [0.25, 0.3) is 0 Å². The number of hydrogen-bond donors (Lipinski definition) is 0. The average molecular weight is 338 g/mol. The second kappa shape index (κ2) is 6.70. The van der Waals surface area contributed by atoms with E-state index in [2.05, 4.69) is 14.9 Å². The lowest BCUT2D eigenvalue weighted by molar-refractivity contribution is -0.131. The first-order valence-electron chi connectivity index (χ1n) is 8.70. The third-order valence-electron chi connectivity index (χ3n) is 4.82. The summed E-state index contributed by atoms with van der Waals surface area (Å²) in [6.45, 7) is 2.46. The third-order valence-corrected chi connectivity index (χ3v) is 4.82. The molecule has 4 rings (SSSR count). The molecule has 1 saturated heterocycles. The van der Waals surface area contributed by atoms with E-state index in [1.807, 2.05) is 35.2 Å². The fourth-order valence-electron chi connectivity index (χ4n) is 3.20. The second-order valence-corrected chi connectivity index (χ2v) is 6.66. The number of amides is 1. The average Bonchev–Trinajstić information content (AvgIpc) is 3.49. The number of ether oxygens (including phenoxy) is 1. The molecular formula is C19H22N4O2. The normalized spacial score (nSPS) is 17.7. The maximum Gasteiger partial charge on any atom is 0.242 e. The van der Waals surface area contributed by atoms with Crippen LogP contribution in [0.25, 0.3) is 0 Å². The van der Waals surface area contributed by atoms with Crippen molar-refractivity contribution in [2.45, 2.75) is 25.3 Å². The van der Waals surface area contributed by atoms with Crippen molar-refractivity contribution in [3.05, 3.63) is 47.9 Å². The van der Waals surface area contributed by atoms with E-state index in [0.29, 0.717) is 25.6 Å². The van der Waals surface area contributed by atoms with Crippen LogP contribution in [0.5, 0.6) is 5.75 Å². The van der Waals surface area contributed by atoms with Gasteiger partial charge in [0.05, 0.1) is 13.7 Å². The highest BCUT2D eigenvalue weighted by Crippen LogP contribution is 2.39. The number of benzene rings is 1. The summed E-state index contributed by atoms with van der Waals surface area (Å²) in [5, 5.41) is 0. The highest BCUT2D eigenvalue weighted by molar-refractivity contribution is 5.82. The summed E-state index contributed by atoms with van der Waals surface area (Å²) >= 11 is 0. The van der Waals surface area contributed by atoms with Crippen molar-refractivity contribution in [3.63, 3.8) is 0 Å². The van der Waals surface area contributed by atoms with E-state index in [-0.39, 0.29) is 5.91 Å². The van der Waals surface area contributed by atoms with Crippen LogP contribution in [0.4, 0.5) is 5.82 Å². The van der Waals surface area contributed by atoms with Gasteiger partial charge in [0, 0.05) is 37.3 Å². The van der Waals surface area contributed by atoms with E-state index in [0.717, 1.165) is 29.4 Å². The Labute approximate surface area is 147 Å². The minimum absolute atomic E-state index is 0.126. The fraction of sp³-hybridized carbons (Fsp3) is 0.421. The van der Waals surface area contributed by atoms with Gasteiger partial charge in [0.15, 0.2) is 0 Å². The van der Waals surface area contributed by atoms with Gasteiger partial charge >= 0.3 is 0 Å². The Morgan fingerprint density at radius 2 is 2.08 bits per heavy atom. The number of methoxy groups -OCH3 is 1. The molecule has 2 aliphatic rings. The predicted octanol–water partition coefficient (Wildman–Crippen LogP) is 2.21. The van der Waals surface area contributed by atoms with Crippen molar-refractivity contribution in [2.24, 2.45) is 0 Å². The smallest absolute Gasteiger partial charge is 0.242 e. The first kappa shape index (κ1) is 15.9. The molecule has 1 saturated carbocycles. The van der Waals surface area contributed by atoms with Crippen LogP contribution in [0.1, 0.15) is 30.0 Å². The molecule has 25 heavy (non-hydrogen) atoms. The summed E-state index contributed by atoms with van der Waals surface area (Å²) < 4.78 is 5.26. The Morgan fingerprint density at radius 1 is 1.20 bits per heavy atom. The summed E-state index contributed by atoms with van der Waals surface area (Å²) in [6.07, 6.45) is 4.05. The molecule has 1 aliphatic heterocycles. The number of carbonyl (C=O) groups is 1. The molecular weight excluding hydrogens is 316 g/mol. The van der Waals surface area contributed by atoms with E-state index < -0.39 is 0 Å². The Hall–Kier alpha value is -2.63. The number of rotatable bonds is 5. The van der Waals surface area contributed by atoms with Crippen molar-refractivity contribution in [1.29, 1.82) is 0 Å². The summed E-state index contributed by atoms with van der Waals surface area (Å²) in [4.78, 5) is 25.3. The van der Waals surface area contributed by atoms with Gasteiger partial charge in [0.1, 0.15) is 17.9 Å². The van der Waals surface area contributed by atoms with Crippen LogP contribution >= 0.6 is 0 Å². The summed E-state index contributed by atoms with van der Waals surface area (Å²) in [7, 11) is 1.65. The quantitative estimate of drug-likeness (QED) is 0.837. The van der Waals surface area contributed by atoms with Crippen LogP contribution in [-0.2, 0) is 11.3 Å². The van der Waals surface area contributed by atoms with E-state index >= 15 is 0 Å². The molecule has 6 nitrogen and oxygen atoms in total. The van der Waals surface area contributed by atoms with E-state index in [9.17, 15) is 4.79 Å². The molecule has 0 radical (unpaired) electrons. The first-order chi connectivity index (χ1) is 12.2. The molecule has 2 aromatic rings. The lowest BCUT2D eigenvalue weighted by Crippen LogP contribution is -2.50. The maximum atomic E-state index is 12.6. The summed E-state index contributed by atoms with van der Waals surface area (Å²) in [5.41, 5.74) is 2.19. The zero-order chi connectivity index (χ0) is 17.2. The van der Waals surface area contributed by atoms with Gasteiger partial charge in [-0.2, -0.15) is 0 Å². The van der Waals surface area contributed by atoms with Gasteiger partial charge in [-0.15, -0.1) is 0 Å². The first-order valence-corrected chi connectivity index (χ1v) is 8.70. The van der Waals surface area contributed by atoms with Crippen LogP contribution < -0.4 is 9.64 Å². The molecule has 0 bridgehead atoms. The van der Waals surface area contributed by atoms with Crippen LogP contribution in [-0.4, -0.2) is 47.5 Å². The standard InChI is InChI=1S/C19H22N4O2/c1-25-16-4-2-3-14(9-16)11-23-8-7-22(12-19(23)24)18-10-17(15-5-6-15)20-13-21-18/h2-4,9-10,13,15H,5-8,11-12H2,1H3. The molecule has 1 amide bonds. The lowest BCUT2D eigenvalue weighted by atomic mass is 10.2. The predicted molar refractivity (Wildman–Crippen MR) is 94.6 cm³/mol. The molecule has 0 N–H and O–H groups in total. The van der Waals surface area contributed by atoms with Crippen LogP contribution in [0.15, 0.2) is 36.7 Å². The number of anilines is 1. The van der Waals surface area contributed by atoms with Gasteiger partial charge in [0.2, 0.25) is 5.91 Å². The van der Waals surface area contributed by atoms with Crippen LogP contribution in [0.2, 0.25) is 0 Å². The van der Waals surface area contributed by atoms with Gasteiger partial charge in [-0.25, -0.2) is 9.97 Å². The number of hydrogen-bond acceptors (Lipinski definition) is 5. The lowest BCUT2D eigenvalue weighted by Gasteiger charge is -2.35. The largest absolute Gasteiger partial charge is 0.497 e. The monoisotopic (exact) mass is 338 g/mol. The van der Waals surface area contributed by atoms with Crippen LogP contribution in [0, 0.1) is 0 Å². The molecule has 2 heterocycles. The summed E-state index contributed by atoms with van der Waals surface area (Å²) in [5.74, 6) is 2.40. The Morgan fingerprint density at radius 3 is 2.84 bits per heavy atom. The van der Waals surface area contributed by atoms with Crippen molar-refractivity contribution in [1.82, 2.24) is 14.9 Å². The molecule has 6 heteroatoms. The number of piperazine rings is 1. The second-order valence-electron chi connectivity index (χ2n) is 6.66. The zero-order valence-corrected chi connectivity index (χ0v) is 14.4. The molecule has 2 fully saturated rings. The molecule has 0 spiro atoms. The highest BCUT2D eigenvalue weighted by atomic mass is 16.5. The minimum atomic E-state index is 0.126. The minimum Gasteiger partial charge on any atom is -0.497 e. The highest BCUT2D eigenvalue weighted by Gasteiger charge is 2.28. The fourth-order valence-corrected chi connectivity index (χ4v) is 3.20. The number of carbonyl (C=O) groups excluding carboxylic acids is 1. The number of nitrogens with zero attached hydrogens (tertiary/aromatic N) is 4. The van der Waals surface area contributed by atoms with Gasteiger partial charge in [-0.05, 0) is 30.5 Å². The van der Waals surface area contributed by atoms with E-state index in [1.165, 1.54) is 12.8 Å². The van der Waals surface area contributed by atoms with Gasteiger partial charge in [-0.1, -0.05) is 12.1 Å². The Balaban J connectivity index is 1.41. The summed E-state index contributed by atoms with van der Waals surface area (Å²) in [6, 6.07) is 9.91. The third kappa shape index (κ3) is 3.57. The molecule has 0 unspecified atom stereocenters.